The second-order valence-corrected chi connectivity index (χ2v) is 9.59. The number of rotatable bonds is 1. The summed E-state index contributed by atoms with van der Waals surface area (Å²) in [7, 11) is 1.53. The largest absolute Gasteiger partial charge is 0.469 e. The Morgan fingerprint density at radius 1 is 1.17 bits per heavy atom. The lowest BCUT2D eigenvalue weighted by Crippen LogP contribution is -2.65. The van der Waals surface area contributed by atoms with Crippen molar-refractivity contribution in [3.63, 3.8) is 0 Å². The number of carbonyl (C=O) groups excluding carboxylic acids is 1. The molecule has 3 heteroatoms. The molecule has 24 heavy (non-hydrogen) atoms. The topological polar surface area (TPSA) is 46.5 Å². The van der Waals surface area contributed by atoms with Gasteiger partial charge in [-0.25, -0.2) is 0 Å². The van der Waals surface area contributed by atoms with Crippen molar-refractivity contribution in [2.75, 3.05) is 7.11 Å². The molecule has 2 bridgehead atoms. The average molecular weight is 332 g/mol. The number of hydrogen-bond acceptors (Lipinski definition) is 3. The Kier molecular flexibility index (Phi) is 3.53. The highest BCUT2D eigenvalue weighted by Gasteiger charge is 2.67. The van der Waals surface area contributed by atoms with E-state index in [4.69, 9.17) is 4.74 Å². The lowest BCUT2D eigenvalue weighted by atomic mass is 9.36. The number of hydrogen-bond donors (Lipinski definition) is 1. The van der Waals surface area contributed by atoms with Crippen molar-refractivity contribution in [1.29, 1.82) is 0 Å². The van der Waals surface area contributed by atoms with Crippen molar-refractivity contribution in [1.82, 2.24) is 0 Å². The predicted octanol–water partition coefficient (Wildman–Crippen LogP) is 4.10. The minimum absolute atomic E-state index is 0.0193. The Morgan fingerprint density at radius 3 is 2.58 bits per heavy atom. The van der Waals surface area contributed by atoms with Crippen molar-refractivity contribution in [3.05, 3.63) is 12.2 Å². The number of methoxy groups -OCH3 is 1. The molecule has 5 aliphatic rings. The summed E-state index contributed by atoms with van der Waals surface area (Å²) < 4.78 is 5.22. The van der Waals surface area contributed by atoms with Crippen LogP contribution < -0.4 is 0 Å². The van der Waals surface area contributed by atoms with Crippen LogP contribution in [0.3, 0.4) is 0 Å². The highest BCUT2D eigenvalue weighted by atomic mass is 16.5. The molecule has 1 spiro atoms. The molecule has 134 valence electrons. The second kappa shape index (κ2) is 5.09. The lowest BCUT2D eigenvalue weighted by Gasteiger charge is -2.68. The summed E-state index contributed by atoms with van der Waals surface area (Å²) in [5, 5.41) is 11.1. The molecule has 5 saturated carbocycles. The lowest BCUT2D eigenvalue weighted by molar-refractivity contribution is -0.212. The van der Waals surface area contributed by atoms with Crippen molar-refractivity contribution >= 4 is 5.97 Å². The number of ether oxygens (including phenoxy) is 1. The molecule has 0 unspecified atom stereocenters. The molecule has 1 N–H and O–H groups in total. The Morgan fingerprint density at radius 2 is 1.88 bits per heavy atom. The summed E-state index contributed by atoms with van der Waals surface area (Å²) in [6, 6.07) is 0. The van der Waals surface area contributed by atoms with Crippen LogP contribution in [0.25, 0.3) is 0 Å². The molecule has 0 aliphatic heterocycles. The highest BCUT2D eigenvalue weighted by Crippen LogP contribution is 2.72. The molecule has 5 rings (SSSR count). The van der Waals surface area contributed by atoms with Gasteiger partial charge >= 0.3 is 5.97 Å². The summed E-state index contributed by atoms with van der Waals surface area (Å²) in [6.45, 7) is 8.79. The van der Waals surface area contributed by atoms with Crippen LogP contribution in [0.2, 0.25) is 0 Å². The number of aliphatic hydroxyl groups excluding tert-OH is 1. The van der Waals surface area contributed by atoms with Gasteiger partial charge in [-0.3, -0.25) is 4.79 Å². The molecule has 0 aromatic rings. The van der Waals surface area contributed by atoms with E-state index in [-0.39, 0.29) is 28.3 Å². The van der Waals surface area contributed by atoms with E-state index in [1.54, 1.807) is 0 Å². The van der Waals surface area contributed by atoms with Crippen molar-refractivity contribution < 1.29 is 14.6 Å². The Hall–Kier alpha value is -0.830. The van der Waals surface area contributed by atoms with E-state index in [0.29, 0.717) is 17.8 Å². The molecule has 7 atom stereocenters. The molecular weight excluding hydrogens is 300 g/mol. The van der Waals surface area contributed by atoms with Gasteiger partial charge in [0.2, 0.25) is 0 Å². The maximum atomic E-state index is 12.6. The number of fused-ring (bicyclic) bond motifs is 3. The van der Waals surface area contributed by atoms with Crippen LogP contribution in [-0.4, -0.2) is 24.3 Å². The third-order valence-electron chi connectivity index (χ3n) is 8.92. The molecule has 0 radical (unpaired) electrons. The Balaban J connectivity index is 1.76. The zero-order valence-corrected chi connectivity index (χ0v) is 15.4. The number of carbonyl (C=O) groups is 1. The molecule has 0 saturated heterocycles. The van der Waals surface area contributed by atoms with E-state index in [1.807, 2.05) is 0 Å². The van der Waals surface area contributed by atoms with E-state index in [9.17, 15) is 9.90 Å². The van der Waals surface area contributed by atoms with E-state index in [0.717, 1.165) is 37.7 Å². The number of aliphatic hydroxyl groups is 1. The van der Waals surface area contributed by atoms with Crippen LogP contribution in [0.5, 0.6) is 0 Å². The van der Waals surface area contributed by atoms with E-state index < -0.39 is 0 Å². The first-order chi connectivity index (χ1) is 11.3. The van der Waals surface area contributed by atoms with Gasteiger partial charge in [-0.2, -0.15) is 0 Å². The molecule has 0 aromatic heterocycles. The van der Waals surface area contributed by atoms with Crippen LogP contribution in [-0.2, 0) is 9.53 Å². The molecule has 0 heterocycles. The summed E-state index contributed by atoms with van der Waals surface area (Å²) >= 11 is 0. The van der Waals surface area contributed by atoms with Gasteiger partial charge in [-0.05, 0) is 80.6 Å². The van der Waals surface area contributed by atoms with E-state index in [1.165, 1.54) is 26.4 Å². The van der Waals surface area contributed by atoms with Crippen molar-refractivity contribution in [2.24, 2.45) is 34.0 Å². The maximum absolute atomic E-state index is 12.6. The minimum Gasteiger partial charge on any atom is -0.469 e. The smallest absolute Gasteiger partial charge is 0.311 e. The van der Waals surface area contributed by atoms with Crippen molar-refractivity contribution in [2.45, 2.75) is 71.3 Å². The van der Waals surface area contributed by atoms with Crippen LogP contribution in [0.4, 0.5) is 0 Å². The molecule has 0 aromatic carbocycles. The van der Waals surface area contributed by atoms with Crippen LogP contribution in [0.1, 0.15) is 65.2 Å². The molecule has 5 fully saturated rings. The summed E-state index contributed by atoms with van der Waals surface area (Å²) in [4.78, 5) is 12.6. The normalized spacial score (nSPS) is 53.2. The first-order valence-electron chi connectivity index (χ1n) is 9.75. The zero-order valence-electron chi connectivity index (χ0n) is 15.4. The fraction of sp³-hybridized carbons (Fsp3) is 0.857. The van der Waals surface area contributed by atoms with Gasteiger partial charge < -0.3 is 9.84 Å². The molecule has 3 nitrogen and oxygen atoms in total. The van der Waals surface area contributed by atoms with E-state index >= 15 is 0 Å². The minimum atomic E-state index is -0.359. The van der Waals surface area contributed by atoms with Crippen LogP contribution in [0.15, 0.2) is 12.2 Å². The first-order valence-corrected chi connectivity index (χ1v) is 9.75. The monoisotopic (exact) mass is 332 g/mol. The van der Waals surface area contributed by atoms with Crippen LogP contribution >= 0.6 is 0 Å². The molecule has 0 amide bonds. The summed E-state index contributed by atoms with van der Waals surface area (Å²) in [5.41, 5.74) is 0.888. The average Bonchev–Trinajstić information content (AvgIpc) is 2.58. The molecular formula is C21H32O3. The highest BCUT2D eigenvalue weighted by molar-refractivity contribution is 5.77. The van der Waals surface area contributed by atoms with Gasteiger partial charge in [0.15, 0.2) is 0 Å². The zero-order chi connectivity index (χ0) is 17.3. The fourth-order valence-electron chi connectivity index (χ4n) is 7.74. The Bertz CT molecular complexity index is 584. The Labute approximate surface area is 145 Å². The number of esters is 1. The van der Waals surface area contributed by atoms with Gasteiger partial charge in [-0.15, -0.1) is 0 Å². The summed E-state index contributed by atoms with van der Waals surface area (Å²) in [5.74, 6) is 1.35. The quantitative estimate of drug-likeness (QED) is 0.581. The van der Waals surface area contributed by atoms with Gasteiger partial charge in [0.05, 0.1) is 18.6 Å². The third-order valence-corrected chi connectivity index (χ3v) is 8.92. The van der Waals surface area contributed by atoms with Gasteiger partial charge in [0, 0.05) is 5.41 Å². The third kappa shape index (κ3) is 1.80. The van der Waals surface area contributed by atoms with Gasteiger partial charge in [-0.1, -0.05) is 19.9 Å². The van der Waals surface area contributed by atoms with E-state index in [2.05, 4.69) is 20.4 Å². The fourth-order valence-corrected chi connectivity index (χ4v) is 7.74. The van der Waals surface area contributed by atoms with Crippen molar-refractivity contribution in [3.8, 4) is 0 Å². The van der Waals surface area contributed by atoms with Gasteiger partial charge in [0.1, 0.15) is 0 Å². The van der Waals surface area contributed by atoms with Gasteiger partial charge in [0.25, 0.3) is 0 Å². The summed E-state index contributed by atoms with van der Waals surface area (Å²) in [6.07, 6.45) is 8.46. The second-order valence-electron chi connectivity index (χ2n) is 9.59. The standard InChI is InChI=1S/C21H32O3/c1-13-14-6-10-21(17(13)22)11-7-15-19(2,16(21)12-14)8-5-9-20(15,3)18(23)24-4/h14-17,22H,1,5-12H2,2-4H3/t14-,15-,16-,17-,19+,20+,21-/m0/s1. The first kappa shape index (κ1) is 16.6. The maximum Gasteiger partial charge on any atom is 0.311 e. The SMILES string of the molecule is C=C1[C@H]2CC[C@@]3(CC[C@H]4[C@@](C)(CCC[C@@]4(C)C(=O)OC)[C@@H]3C2)[C@H]1O. The van der Waals surface area contributed by atoms with Crippen LogP contribution in [0, 0.1) is 34.0 Å². The molecule has 5 aliphatic carbocycles. The predicted molar refractivity (Wildman–Crippen MR) is 93.2 cm³/mol.